The van der Waals surface area contributed by atoms with Crippen LogP contribution in [0.4, 0.5) is 0 Å². The van der Waals surface area contributed by atoms with Gasteiger partial charge in [-0.25, -0.2) is 19.0 Å². The molecule has 8 nitrogen and oxygen atoms in total. The molecule has 4 heterocycles. The summed E-state index contributed by atoms with van der Waals surface area (Å²) in [7, 11) is 0. The maximum atomic E-state index is 4.39. The molecular weight excluding hydrogens is 328 g/mol. The van der Waals surface area contributed by atoms with Crippen LogP contribution in [0.25, 0.3) is 11.3 Å². The Bertz CT molecular complexity index is 1120. The van der Waals surface area contributed by atoms with Crippen molar-refractivity contribution in [2.24, 2.45) is 0 Å². The molecule has 0 aliphatic rings. The fourth-order valence-electron chi connectivity index (χ4n) is 2.70. The maximum absolute atomic E-state index is 4.39. The van der Waals surface area contributed by atoms with Crippen LogP contribution in [0.2, 0.25) is 0 Å². The molecule has 0 saturated carbocycles. The Morgan fingerprint density at radius 3 is 1.81 bits per heavy atom. The summed E-state index contributed by atoms with van der Waals surface area (Å²) in [5, 5.41) is 16.9. The summed E-state index contributed by atoms with van der Waals surface area (Å²) < 4.78 is 3.64. The molecule has 0 bridgehead atoms. The first-order valence-corrected chi connectivity index (χ1v) is 8.53. The molecule has 8 heteroatoms. The Hall–Kier alpha value is -2.90. The van der Waals surface area contributed by atoms with Crippen molar-refractivity contribution in [3.05, 3.63) is 45.6 Å². The van der Waals surface area contributed by atoms with Gasteiger partial charge in [0.2, 0.25) is 0 Å². The second-order valence-electron chi connectivity index (χ2n) is 6.58. The van der Waals surface area contributed by atoms with Crippen molar-refractivity contribution >= 4 is 11.3 Å². The molecule has 0 aliphatic heterocycles. The van der Waals surface area contributed by atoms with Gasteiger partial charge in [0, 0.05) is 11.1 Å². The molecule has 0 spiro atoms. The van der Waals surface area contributed by atoms with Gasteiger partial charge in [-0.1, -0.05) is 0 Å². The zero-order valence-electron chi connectivity index (χ0n) is 16.6. The number of nitrogens with zero attached hydrogens (tertiary/aromatic N) is 8. The van der Waals surface area contributed by atoms with E-state index < -0.39 is 0 Å². The molecule has 4 aromatic heterocycles. The van der Waals surface area contributed by atoms with E-state index in [2.05, 4.69) is 30.4 Å². The molecule has 0 amide bonds. The van der Waals surface area contributed by atoms with Crippen LogP contribution in [0.15, 0.2) is 0 Å². The Morgan fingerprint density at radius 2 is 1.15 bits per heavy atom. The van der Waals surface area contributed by atoms with Crippen molar-refractivity contribution in [3.63, 3.8) is 0 Å². The highest BCUT2D eigenvalue weighted by Gasteiger charge is 2.10. The molecular formula is C18H24N8. The zero-order valence-corrected chi connectivity index (χ0v) is 16.6. The second kappa shape index (κ2) is 6.44. The minimum Gasteiger partial charge on any atom is -0.219 e. The van der Waals surface area contributed by atoms with E-state index in [4.69, 9.17) is 0 Å². The largest absolute Gasteiger partial charge is 0.219 e. The van der Waals surface area contributed by atoms with E-state index in [9.17, 15) is 0 Å². The monoisotopic (exact) mass is 352 g/mol. The third-order valence-corrected chi connectivity index (χ3v) is 4.69. The third-order valence-electron chi connectivity index (χ3n) is 4.69. The van der Waals surface area contributed by atoms with E-state index in [0.717, 1.165) is 56.8 Å². The molecule has 136 valence electrons. The van der Waals surface area contributed by atoms with Crippen LogP contribution in [0.1, 0.15) is 45.6 Å². The minimum absolute atomic E-state index is 0.799. The summed E-state index contributed by atoms with van der Waals surface area (Å²) in [5.41, 5.74) is 8.04. The van der Waals surface area contributed by atoms with Crippen LogP contribution in [0, 0.1) is 55.4 Å². The fourth-order valence-corrected chi connectivity index (χ4v) is 2.70. The van der Waals surface area contributed by atoms with Gasteiger partial charge in [0.05, 0.1) is 22.8 Å². The SMILES string of the molecule is Cc1nc(C)n2nc(C)c(C)c2n1.Cc1nn2c(C)c(C)nnc2c1C. The molecule has 0 radical (unpaired) electrons. The number of aromatic nitrogens is 8. The topological polar surface area (TPSA) is 86.2 Å². The van der Waals surface area contributed by atoms with Gasteiger partial charge < -0.3 is 0 Å². The first-order chi connectivity index (χ1) is 12.2. The lowest BCUT2D eigenvalue weighted by Crippen LogP contribution is -2.01. The highest BCUT2D eigenvalue weighted by atomic mass is 15.3. The molecule has 0 saturated heterocycles. The van der Waals surface area contributed by atoms with Crippen LogP contribution in [-0.2, 0) is 0 Å². The molecule has 4 rings (SSSR count). The van der Waals surface area contributed by atoms with E-state index in [1.807, 2.05) is 59.9 Å². The molecule has 0 atom stereocenters. The van der Waals surface area contributed by atoms with Crippen molar-refractivity contribution in [3.8, 4) is 0 Å². The van der Waals surface area contributed by atoms with Crippen LogP contribution in [-0.4, -0.2) is 39.4 Å². The van der Waals surface area contributed by atoms with E-state index >= 15 is 0 Å². The van der Waals surface area contributed by atoms with Crippen molar-refractivity contribution < 1.29 is 0 Å². The van der Waals surface area contributed by atoms with Gasteiger partial charge in [0.15, 0.2) is 11.3 Å². The molecule has 0 unspecified atom stereocenters. The molecule has 0 N–H and O–H groups in total. The molecule has 0 fully saturated rings. The molecule has 4 aromatic rings. The van der Waals surface area contributed by atoms with Gasteiger partial charge in [0.25, 0.3) is 0 Å². The fraction of sp³-hybridized carbons (Fsp3) is 0.444. The lowest BCUT2D eigenvalue weighted by Gasteiger charge is -1.99. The van der Waals surface area contributed by atoms with E-state index in [1.54, 1.807) is 4.52 Å². The maximum Gasteiger partial charge on any atom is 0.180 e. The highest BCUT2D eigenvalue weighted by molar-refractivity contribution is 5.49. The van der Waals surface area contributed by atoms with Crippen LogP contribution < -0.4 is 0 Å². The summed E-state index contributed by atoms with van der Waals surface area (Å²) in [6, 6.07) is 0. The predicted octanol–water partition coefficient (Wildman–Crippen LogP) is 2.72. The van der Waals surface area contributed by atoms with Crippen LogP contribution in [0.5, 0.6) is 0 Å². The summed E-state index contributed by atoms with van der Waals surface area (Å²) in [5.74, 6) is 1.69. The first kappa shape index (κ1) is 17.9. The molecule has 26 heavy (non-hydrogen) atoms. The summed E-state index contributed by atoms with van der Waals surface area (Å²) in [6.07, 6.45) is 0. The van der Waals surface area contributed by atoms with E-state index in [0.29, 0.717) is 0 Å². The normalized spacial score (nSPS) is 11.1. The second-order valence-corrected chi connectivity index (χ2v) is 6.58. The minimum atomic E-state index is 0.799. The third kappa shape index (κ3) is 2.91. The molecule has 0 aliphatic carbocycles. The lowest BCUT2D eigenvalue weighted by atomic mass is 10.3. The number of aryl methyl sites for hydroxylation is 8. The first-order valence-electron chi connectivity index (χ1n) is 8.53. The Morgan fingerprint density at radius 1 is 0.577 bits per heavy atom. The van der Waals surface area contributed by atoms with Crippen molar-refractivity contribution in [2.75, 3.05) is 0 Å². The average molecular weight is 352 g/mol. The molecule has 0 aromatic carbocycles. The number of rotatable bonds is 0. The smallest absolute Gasteiger partial charge is 0.180 e. The standard InChI is InChI=1S/2C9H12N4/c1-5-6(2)12-13-8(4)10-7(3)11-9(5)13;1-5-6(2)12-13-8(4)7(3)10-11-9(5)13/h2*1-4H3. The van der Waals surface area contributed by atoms with Gasteiger partial charge >= 0.3 is 0 Å². The lowest BCUT2D eigenvalue weighted by molar-refractivity contribution is 0.808. The summed E-state index contributed by atoms with van der Waals surface area (Å²) in [4.78, 5) is 8.59. The Balaban J connectivity index is 0.000000151. The van der Waals surface area contributed by atoms with E-state index in [-0.39, 0.29) is 0 Å². The van der Waals surface area contributed by atoms with Gasteiger partial charge in [-0.3, -0.25) is 0 Å². The van der Waals surface area contributed by atoms with Gasteiger partial charge in [-0.15, -0.1) is 5.10 Å². The summed E-state index contributed by atoms with van der Waals surface area (Å²) in [6.45, 7) is 15.8. The Kier molecular flexibility index (Phi) is 4.43. The van der Waals surface area contributed by atoms with Crippen LogP contribution in [0.3, 0.4) is 0 Å². The van der Waals surface area contributed by atoms with Gasteiger partial charge in [-0.05, 0) is 55.4 Å². The van der Waals surface area contributed by atoms with Crippen molar-refractivity contribution in [2.45, 2.75) is 55.4 Å². The number of hydrogen-bond donors (Lipinski definition) is 0. The zero-order chi connectivity index (χ0) is 19.2. The quantitative estimate of drug-likeness (QED) is 0.484. The number of hydrogen-bond acceptors (Lipinski definition) is 6. The Labute approximate surface area is 152 Å². The number of fused-ring (bicyclic) bond motifs is 2. The van der Waals surface area contributed by atoms with Crippen molar-refractivity contribution in [1.29, 1.82) is 0 Å². The van der Waals surface area contributed by atoms with Gasteiger partial charge in [-0.2, -0.15) is 15.3 Å². The van der Waals surface area contributed by atoms with E-state index in [1.165, 1.54) is 0 Å². The van der Waals surface area contributed by atoms with Crippen LogP contribution >= 0.6 is 0 Å². The average Bonchev–Trinajstić information content (AvgIpc) is 3.03. The summed E-state index contributed by atoms with van der Waals surface area (Å²) >= 11 is 0. The van der Waals surface area contributed by atoms with Crippen molar-refractivity contribution in [1.82, 2.24) is 39.4 Å². The highest BCUT2D eigenvalue weighted by Crippen LogP contribution is 2.13. The van der Waals surface area contributed by atoms with Gasteiger partial charge in [0.1, 0.15) is 11.6 Å². The predicted molar refractivity (Wildman–Crippen MR) is 99.5 cm³/mol.